The fourth-order valence-corrected chi connectivity index (χ4v) is 2.72. The van der Waals surface area contributed by atoms with Gasteiger partial charge in [-0.15, -0.1) is 0 Å². The van der Waals surface area contributed by atoms with Crippen molar-refractivity contribution in [3.05, 3.63) is 65.5 Å². The van der Waals surface area contributed by atoms with Gasteiger partial charge in [-0.05, 0) is 47.6 Å². The van der Waals surface area contributed by atoms with Crippen LogP contribution in [0, 0.1) is 0 Å². The lowest BCUT2D eigenvalue weighted by Gasteiger charge is -2.22. The Morgan fingerprint density at radius 2 is 1.52 bits per heavy atom. The first-order chi connectivity index (χ1) is 10.2. The molecule has 0 bridgehead atoms. The van der Waals surface area contributed by atoms with Crippen molar-refractivity contribution in [2.75, 3.05) is 0 Å². The molecule has 1 aliphatic carbocycles. The zero-order valence-corrected chi connectivity index (χ0v) is 13.0. The fourth-order valence-electron chi connectivity index (χ4n) is 2.72. The lowest BCUT2D eigenvalue weighted by Crippen LogP contribution is -2.25. The quantitative estimate of drug-likeness (QED) is 0.781. The highest BCUT2D eigenvalue weighted by Gasteiger charge is 2.28. The van der Waals surface area contributed by atoms with E-state index in [0.717, 1.165) is 19.1 Å². The molecule has 0 atom stereocenters. The molecule has 0 saturated heterocycles. The molecule has 1 saturated carbocycles. The van der Waals surface area contributed by atoms with Crippen LogP contribution >= 0.6 is 0 Å². The Balaban J connectivity index is 1.67. The van der Waals surface area contributed by atoms with E-state index in [1.165, 1.54) is 29.5 Å². The van der Waals surface area contributed by atoms with Gasteiger partial charge in [-0.2, -0.15) is 0 Å². The molecule has 110 valence electrons. The minimum absolute atomic E-state index is 0.607. The largest absolute Gasteiger partial charge is 0.292 e. The molecule has 2 aromatic rings. The zero-order chi connectivity index (χ0) is 14.7. The van der Waals surface area contributed by atoms with Crippen molar-refractivity contribution in [2.45, 2.75) is 51.7 Å². The molecule has 3 rings (SSSR count). The maximum absolute atomic E-state index is 4.10. The second-order valence-electron chi connectivity index (χ2n) is 6.39. The van der Waals surface area contributed by atoms with Crippen LogP contribution in [0.4, 0.5) is 0 Å². The maximum atomic E-state index is 4.10. The van der Waals surface area contributed by atoms with Gasteiger partial charge in [0.05, 0.1) is 0 Å². The smallest absolute Gasteiger partial charge is 0.0271 e. The van der Waals surface area contributed by atoms with E-state index in [2.05, 4.69) is 60.1 Å². The van der Waals surface area contributed by atoms with Crippen LogP contribution < -0.4 is 0 Å². The van der Waals surface area contributed by atoms with E-state index in [0.29, 0.717) is 5.92 Å². The van der Waals surface area contributed by atoms with Crippen molar-refractivity contribution in [1.29, 1.82) is 0 Å². The molecule has 1 fully saturated rings. The third-order valence-electron chi connectivity index (χ3n) is 4.23. The Morgan fingerprint density at radius 3 is 2.05 bits per heavy atom. The molecular formula is C19H24N2. The summed E-state index contributed by atoms with van der Waals surface area (Å²) in [5, 5.41) is 0. The molecule has 1 aliphatic rings. The van der Waals surface area contributed by atoms with Gasteiger partial charge in [0.25, 0.3) is 0 Å². The maximum Gasteiger partial charge on any atom is 0.0271 e. The summed E-state index contributed by atoms with van der Waals surface area (Å²) in [6, 6.07) is 14.1. The third kappa shape index (κ3) is 3.92. The molecule has 1 aromatic carbocycles. The van der Waals surface area contributed by atoms with Crippen molar-refractivity contribution in [2.24, 2.45) is 0 Å². The highest BCUT2D eigenvalue weighted by atomic mass is 15.2. The molecule has 0 radical (unpaired) electrons. The van der Waals surface area contributed by atoms with Gasteiger partial charge in [-0.25, -0.2) is 0 Å². The lowest BCUT2D eigenvalue weighted by atomic mass is 10.0. The van der Waals surface area contributed by atoms with Crippen LogP contribution in [0.1, 0.15) is 49.3 Å². The predicted octanol–water partition coefficient (Wildman–Crippen LogP) is 4.37. The molecule has 0 aliphatic heterocycles. The first-order valence-corrected chi connectivity index (χ1v) is 7.94. The second-order valence-corrected chi connectivity index (χ2v) is 6.39. The Morgan fingerprint density at radius 1 is 0.952 bits per heavy atom. The van der Waals surface area contributed by atoms with E-state index >= 15 is 0 Å². The number of nitrogens with zero attached hydrogens (tertiary/aromatic N) is 2. The van der Waals surface area contributed by atoms with Crippen LogP contribution in [-0.2, 0) is 13.1 Å². The van der Waals surface area contributed by atoms with Crippen molar-refractivity contribution >= 4 is 0 Å². The summed E-state index contributed by atoms with van der Waals surface area (Å²) < 4.78 is 0. The summed E-state index contributed by atoms with van der Waals surface area (Å²) in [4.78, 5) is 6.70. The summed E-state index contributed by atoms with van der Waals surface area (Å²) in [7, 11) is 0. The predicted molar refractivity (Wildman–Crippen MR) is 87.0 cm³/mol. The van der Waals surface area contributed by atoms with Crippen LogP contribution in [0.25, 0.3) is 0 Å². The number of pyridine rings is 1. The molecular weight excluding hydrogens is 256 g/mol. The van der Waals surface area contributed by atoms with Gasteiger partial charge in [0.1, 0.15) is 0 Å². The van der Waals surface area contributed by atoms with Crippen molar-refractivity contribution in [1.82, 2.24) is 9.88 Å². The van der Waals surface area contributed by atoms with Gasteiger partial charge in [0.15, 0.2) is 0 Å². The van der Waals surface area contributed by atoms with Crippen molar-refractivity contribution < 1.29 is 0 Å². The van der Waals surface area contributed by atoms with Crippen LogP contribution in [0.5, 0.6) is 0 Å². The standard InChI is InChI=1S/C19H24N2/c1-15(2)18-5-3-16(4-6-18)13-21(19-7-8-19)14-17-9-11-20-12-10-17/h3-6,9-12,15,19H,7-8,13-14H2,1-2H3. The molecule has 0 N–H and O–H groups in total. The fraction of sp³-hybridized carbons (Fsp3) is 0.421. The highest BCUT2D eigenvalue weighted by Crippen LogP contribution is 2.30. The average molecular weight is 280 g/mol. The van der Waals surface area contributed by atoms with E-state index in [1.54, 1.807) is 0 Å². The second kappa shape index (κ2) is 6.40. The van der Waals surface area contributed by atoms with Gasteiger partial charge in [-0.3, -0.25) is 9.88 Å². The molecule has 1 heterocycles. The number of hydrogen-bond acceptors (Lipinski definition) is 2. The van der Waals surface area contributed by atoms with Gasteiger partial charge in [-0.1, -0.05) is 38.1 Å². The number of benzene rings is 1. The number of rotatable bonds is 6. The van der Waals surface area contributed by atoms with E-state index in [-0.39, 0.29) is 0 Å². The topological polar surface area (TPSA) is 16.1 Å². The van der Waals surface area contributed by atoms with E-state index < -0.39 is 0 Å². The van der Waals surface area contributed by atoms with Gasteiger partial charge in [0.2, 0.25) is 0 Å². The molecule has 21 heavy (non-hydrogen) atoms. The van der Waals surface area contributed by atoms with Crippen LogP contribution in [0.2, 0.25) is 0 Å². The number of aromatic nitrogens is 1. The first kappa shape index (κ1) is 14.3. The van der Waals surface area contributed by atoms with Gasteiger partial charge >= 0.3 is 0 Å². The Hall–Kier alpha value is -1.67. The molecule has 0 amide bonds. The molecule has 2 nitrogen and oxygen atoms in total. The molecule has 2 heteroatoms. The summed E-state index contributed by atoms with van der Waals surface area (Å²) in [5.74, 6) is 0.607. The lowest BCUT2D eigenvalue weighted by molar-refractivity contribution is 0.245. The Bertz CT molecular complexity index is 556. The van der Waals surface area contributed by atoms with Crippen LogP contribution in [0.15, 0.2) is 48.8 Å². The van der Waals surface area contributed by atoms with Gasteiger partial charge < -0.3 is 0 Å². The summed E-state index contributed by atoms with van der Waals surface area (Å²) in [6.45, 7) is 6.56. The van der Waals surface area contributed by atoms with E-state index in [4.69, 9.17) is 0 Å². The Labute approximate surface area is 127 Å². The third-order valence-corrected chi connectivity index (χ3v) is 4.23. The summed E-state index contributed by atoms with van der Waals surface area (Å²) >= 11 is 0. The normalized spacial score (nSPS) is 14.9. The monoisotopic (exact) mass is 280 g/mol. The van der Waals surface area contributed by atoms with E-state index in [9.17, 15) is 0 Å². The molecule has 0 unspecified atom stereocenters. The molecule has 0 spiro atoms. The van der Waals surface area contributed by atoms with Crippen LogP contribution in [0.3, 0.4) is 0 Å². The van der Waals surface area contributed by atoms with Crippen molar-refractivity contribution in [3.8, 4) is 0 Å². The summed E-state index contributed by atoms with van der Waals surface area (Å²) in [6.07, 6.45) is 6.46. The van der Waals surface area contributed by atoms with E-state index in [1.807, 2.05) is 12.4 Å². The molecule has 1 aromatic heterocycles. The zero-order valence-electron chi connectivity index (χ0n) is 13.0. The Kier molecular flexibility index (Phi) is 4.35. The van der Waals surface area contributed by atoms with Gasteiger partial charge in [0, 0.05) is 31.5 Å². The minimum atomic E-state index is 0.607. The number of hydrogen-bond donors (Lipinski definition) is 0. The minimum Gasteiger partial charge on any atom is -0.292 e. The van der Waals surface area contributed by atoms with Crippen LogP contribution in [-0.4, -0.2) is 15.9 Å². The average Bonchev–Trinajstić information content (AvgIpc) is 3.33. The van der Waals surface area contributed by atoms with Crippen molar-refractivity contribution in [3.63, 3.8) is 0 Å². The SMILES string of the molecule is CC(C)c1ccc(CN(Cc2ccncc2)C2CC2)cc1. The highest BCUT2D eigenvalue weighted by molar-refractivity contribution is 5.25. The first-order valence-electron chi connectivity index (χ1n) is 7.94. The summed E-state index contributed by atoms with van der Waals surface area (Å²) in [5.41, 5.74) is 4.20.